The van der Waals surface area contributed by atoms with Crippen LogP contribution < -0.4 is 9.47 Å². The summed E-state index contributed by atoms with van der Waals surface area (Å²) in [6, 6.07) is 5.52. The third-order valence-electron chi connectivity index (χ3n) is 3.12. The number of methoxy groups -OCH3 is 2. The lowest BCUT2D eigenvalue weighted by atomic mass is 10.1. The van der Waals surface area contributed by atoms with Gasteiger partial charge in [0.05, 0.1) is 20.3 Å². The third-order valence-corrected chi connectivity index (χ3v) is 3.12. The standard InChI is InChI=1S/C14H23NO3/c1-5-15(6-2)10-12(16)11-7-8-13(17-3)14(9-11)18-4/h7-9,12,16H,5-6,10H2,1-4H3. The Kier molecular flexibility index (Phi) is 5.95. The highest BCUT2D eigenvalue weighted by atomic mass is 16.5. The Morgan fingerprint density at radius 2 is 1.72 bits per heavy atom. The van der Waals surface area contributed by atoms with Gasteiger partial charge in [0.25, 0.3) is 0 Å². The van der Waals surface area contributed by atoms with Crippen molar-refractivity contribution < 1.29 is 14.6 Å². The summed E-state index contributed by atoms with van der Waals surface area (Å²) in [4.78, 5) is 2.18. The molecule has 4 nitrogen and oxygen atoms in total. The minimum atomic E-state index is -0.510. The highest BCUT2D eigenvalue weighted by Crippen LogP contribution is 2.30. The Hall–Kier alpha value is -1.26. The van der Waals surface area contributed by atoms with Gasteiger partial charge in [0.15, 0.2) is 11.5 Å². The summed E-state index contributed by atoms with van der Waals surface area (Å²) in [5, 5.41) is 10.2. The first-order valence-corrected chi connectivity index (χ1v) is 6.28. The Morgan fingerprint density at radius 1 is 1.11 bits per heavy atom. The van der Waals surface area contributed by atoms with Crippen molar-refractivity contribution in [1.29, 1.82) is 0 Å². The molecule has 1 unspecified atom stereocenters. The van der Waals surface area contributed by atoms with Crippen molar-refractivity contribution >= 4 is 0 Å². The summed E-state index contributed by atoms with van der Waals surface area (Å²) in [6.07, 6.45) is -0.510. The first-order chi connectivity index (χ1) is 8.65. The van der Waals surface area contributed by atoms with Crippen molar-refractivity contribution in [3.63, 3.8) is 0 Å². The monoisotopic (exact) mass is 253 g/mol. The van der Waals surface area contributed by atoms with Crippen LogP contribution in [0.5, 0.6) is 11.5 Å². The van der Waals surface area contributed by atoms with E-state index in [1.165, 1.54) is 0 Å². The van der Waals surface area contributed by atoms with Crippen LogP contribution in [0.15, 0.2) is 18.2 Å². The average molecular weight is 253 g/mol. The van der Waals surface area contributed by atoms with Crippen molar-refractivity contribution in [1.82, 2.24) is 4.90 Å². The molecule has 1 aromatic carbocycles. The van der Waals surface area contributed by atoms with Gasteiger partial charge in [-0.25, -0.2) is 0 Å². The molecule has 0 spiro atoms. The van der Waals surface area contributed by atoms with Gasteiger partial charge in [-0.3, -0.25) is 0 Å². The van der Waals surface area contributed by atoms with Crippen LogP contribution in [0.4, 0.5) is 0 Å². The van der Waals surface area contributed by atoms with E-state index >= 15 is 0 Å². The number of aliphatic hydroxyl groups excluding tert-OH is 1. The molecule has 0 saturated carbocycles. The van der Waals surface area contributed by atoms with Crippen LogP contribution in [0.1, 0.15) is 25.5 Å². The van der Waals surface area contributed by atoms with E-state index < -0.39 is 6.10 Å². The Labute approximate surface area is 109 Å². The van der Waals surface area contributed by atoms with Crippen molar-refractivity contribution in [3.8, 4) is 11.5 Å². The zero-order valence-corrected chi connectivity index (χ0v) is 11.6. The lowest BCUT2D eigenvalue weighted by Gasteiger charge is -2.22. The third kappa shape index (κ3) is 3.62. The minimum absolute atomic E-state index is 0.510. The number of nitrogens with zero attached hydrogens (tertiary/aromatic N) is 1. The van der Waals surface area contributed by atoms with E-state index in [0.717, 1.165) is 18.7 Å². The predicted molar refractivity (Wildman–Crippen MR) is 72.3 cm³/mol. The summed E-state index contributed by atoms with van der Waals surface area (Å²) < 4.78 is 10.4. The van der Waals surface area contributed by atoms with E-state index in [4.69, 9.17) is 9.47 Å². The molecule has 0 aromatic heterocycles. The summed E-state index contributed by atoms with van der Waals surface area (Å²) in [5.41, 5.74) is 0.847. The van der Waals surface area contributed by atoms with Gasteiger partial charge < -0.3 is 19.5 Å². The van der Waals surface area contributed by atoms with Crippen LogP contribution in [-0.2, 0) is 0 Å². The van der Waals surface area contributed by atoms with Crippen molar-refractivity contribution in [2.75, 3.05) is 33.9 Å². The van der Waals surface area contributed by atoms with E-state index in [0.29, 0.717) is 18.0 Å². The normalized spacial score (nSPS) is 12.6. The van der Waals surface area contributed by atoms with E-state index in [2.05, 4.69) is 18.7 Å². The second-order valence-electron chi connectivity index (χ2n) is 4.12. The molecule has 0 saturated heterocycles. The average Bonchev–Trinajstić information content (AvgIpc) is 2.43. The predicted octanol–water partition coefficient (Wildman–Crippen LogP) is 2.08. The number of hydrogen-bond donors (Lipinski definition) is 1. The Balaban J connectivity index is 2.82. The fourth-order valence-electron chi connectivity index (χ4n) is 1.89. The molecule has 0 heterocycles. The fourth-order valence-corrected chi connectivity index (χ4v) is 1.89. The van der Waals surface area contributed by atoms with E-state index in [1.807, 2.05) is 18.2 Å². The lowest BCUT2D eigenvalue weighted by molar-refractivity contribution is 0.119. The highest BCUT2D eigenvalue weighted by molar-refractivity contribution is 5.43. The van der Waals surface area contributed by atoms with Gasteiger partial charge in [-0.2, -0.15) is 0 Å². The van der Waals surface area contributed by atoms with E-state index in [9.17, 15) is 5.11 Å². The van der Waals surface area contributed by atoms with E-state index in [-0.39, 0.29) is 0 Å². The maximum atomic E-state index is 10.2. The van der Waals surface area contributed by atoms with Crippen molar-refractivity contribution in [2.45, 2.75) is 20.0 Å². The second kappa shape index (κ2) is 7.24. The fraction of sp³-hybridized carbons (Fsp3) is 0.571. The van der Waals surface area contributed by atoms with Crippen molar-refractivity contribution in [2.24, 2.45) is 0 Å². The zero-order valence-electron chi connectivity index (χ0n) is 11.6. The molecule has 1 aromatic rings. The molecule has 18 heavy (non-hydrogen) atoms. The minimum Gasteiger partial charge on any atom is -0.493 e. The Bertz CT molecular complexity index is 364. The molecule has 4 heteroatoms. The van der Waals surface area contributed by atoms with Crippen LogP contribution in [-0.4, -0.2) is 43.9 Å². The maximum Gasteiger partial charge on any atom is 0.161 e. The van der Waals surface area contributed by atoms with Gasteiger partial charge in [-0.1, -0.05) is 19.9 Å². The smallest absolute Gasteiger partial charge is 0.161 e. The van der Waals surface area contributed by atoms with Crippen LogP contribution in [0.2, 0.25) is 0 Å². The Morgan fingerprint density at radius 3 is 2.22 bits per heavy atom. The molecule has 0 aliphatic heterocycles. The van der Waals surface area contributed by atoms with Crippen molar-refractivity contribution in [3.05, 3.63) is 23.8 Å². The first-order valence-electron chi connectivity index (χ1n) is 6.28. The number of benzene rings is 1. The summed E-state index contributed by atoms with van der Waals surface area (Å²) >= 11 is 0. The quantitative estimate of drug-likeness (QED) is 0.808. The van der Waals surface area contributed by atoms with Crippen LogP contribution in [0.25, 0.3) is 0 Å². The number of hydrogen-bond acceptors (Lipinski definition) is 4. The molecule has 1 N–H and O–H groups in total. The number of aliphatic hydroxyl groups is 1. The zero-order chi connectivity index (χ0) is 13.5. The number of ether oxygens (including phenoxy) is 2. The molecule has 1 rings (SSSR count). The van der Waals surface area contributed by atoms with Crippen LogP contribution in [0.3, 0.4) is 0 Å². The summed E-state index contributed by atoms with van der Waals surface area (Å²) in [6.45, 7) is 6.67. The van der Waals surface area contributed by atoms with Crippen LogP contribution >= 0.6 is 0 Å². The molecule has 0 amide bonds. The molecule has 102 valence electrons. The molecule has 1 atom stereocenters. The van der Waals surface area contributed by atoms with Gasteiger partial charge >= 0.3 is 0 Å². The van der Waals surface area contributed by atoms with Gasteiger partial charge in [0.2, 0.25) is 0 Å². The molecular weight excluding hydrogens is 230 g/mol. The van der Waals surface area contributed by atoms with Gasteiger partial charge in [-0.05, 0) is 30.8 Å². The maximum absolute atomic E-state index is 10.2. The summed E-state index contributed by atoms with van der Waals surface area (Å²) in [7, 11) is 3.20. The molecule has 0 aliphatic carbocycles. The van der Waals surface area contributed by atoms with Gasteiger partial charge in [-0.15, -0.1) is 0 Å². The molecular formula is C14H23NO3. The SMILES string of the molecule is CCN(CC)CC(O)c1ccc(OC)c(OC)c1. The topological polar surface area (TPSA) is 41.9 Å². The van der Waals surface area contributed by atoms with Gasteiger partial charge in [0.1, 0.15) is 0 Å². The summed E-state index contributed by atoms with van der Waals surface area (Å²) in [5.74, 6) is 1.32. The van der Waals surface area contributed by atoms with Gasteiger partial charge in [0, 0.05) is 6.54 Å². The molecule has 0 bridgehead atoms. The number of rotatable bonds is 7. The second-order valence-corrected chi connectivity index (χ2v) is 4.12. The van der Waals surface area contributed by atoms with Crippen LogP contribution in [0, 0.1) is 0 Å². The first kappa shape index (κ1) is 14.8. The molecule has 0 fully saturated rings. The van der Waals surface area contributed by atoms with E-state index in [1.54, 1.807) is 14.2 Å². The molecule has 0 aliphatic rings. The lowest BCUT2D eigenvalue weighted by Crippen LogP contribution is -2.28. The number of likely N-dealkylation sites (N-methyl/N-ethyl adjacent to an activating group) is 1. The highest BCUT2D eigenvalue weighted by Gasteiger charge is 2.14. The molecule has 0 radical (unpaired) electrons. The largest absolute Gasteiger partial charge is 0.493 e.